The number of hydrogen-bond acceptors (Lipinski definition) is 2. The minimum absolute atomic E-state index is 0.780. The van der Waals surface area contributed by atoms with Crippen molar-refractivity contribution in [1.82, 2.24) is 0 Å². The Bertz CT molecular complexity index is 949. The maximum absolute atomic E-state index is 6.11. The summed E-state index contributed by atoms with van der Waals surface area (Å²) in [4.78, 5) is 3.42. The van der Waals surface area contributed by atoms with Gasteiger partial charge in [0, 0.05) is 40.6 Å². The second-order valence-electron chi connectivity index (χ2n) is 5.63. The van der Waals surface area contributed by atoms with Crippen LogP contribution in [-0.2, 0) is 7.05 Å². The van der Waals surface area contributed by atoms with Crippen LogP contribution < -0.4 is 9.47 Å². The Labute approximate surface area is 145 Å². The van der Waals surface area contributed by atoms with Crippen LogP contribution in [0.25, 0.3) is 17.0 Å². The number of benzene rings is 2. The van der Waals surface area contributed by atoms with E-state index in [1.54, 1.807) is 11.8 Å². The number of halogens is 1. The van der Waals surface area contributed by atoms with Gasteiger partial charge in [0.05, 0.1) is 10.7 Å². The molecule has 4 rings (SSSR count). The van der Waals surface area contributed by atoms with Gasteiger partial charge >= 0.3 is 0 Å². The van der Waals surface area contributed by atoms with Gasteiger partial charge in [0.25, 0.3) is 0 Å². The molecule has 0 amide bonds. The second-order valence-corrected chi connectivity index (χ2v) is 7.13. The first-order valence-electron chi connectivity index (χ1n) is 7.44. The number of aryl methyl sites for hydroxylation is 1. The Balaban J connectivity index is 1.79. The molecule has 0 unspecified atom stereocenters. The van der Waals surface area contributed by atoms with Crippen LogP contribution in [0.4, 0.5) is 5.69 Å². The minimum atomic E-state index is 0.780. The summed E-state index contributed by atoms with van der Waals surface area (Å²) in [5.41, 5.74) is 3.61. The largest absolute Gasteiger partial charge is 0.338 e. The molecular formula is C19H16ClN2S+. The van der Waals surface area contributed by atoms with Crippen LogP contribution in [0, 0.1) is 0 Å². The first-order valence-corrected chi connectivity index (χ1v) is 8.63. The summed E-state index contributed by atoms with van der Waals surface area (Å²) >= 11 is 7.87. The van der Waals surface area contributed by atoms with Crippen molar-refractivity contribution < 1.29 is 4.57 Å². The molecule has 0 radical (unpaired) electrons. The smallest absolute Gasteiger partial charge is 0.212 e. The van der Waals surface area contributed by atoms with Gasteiger partial charge in [-0.15, -0.1) is 0 Å². The zero-order chi connectivity index (χ0) is 16.0. The van der Waals surface area contributed by atoms with Crippen molar-refractivity contribution in [2.75, 3.05) is 11.9 Å². The van der Waals surface area contributed by atoms with E-state index < -0.39 is 0 Å². The molecule has 23 heavy (non-hydrogen) atoms. The Morgan fingerprint density at radius 1 is 1.09 bits per heavy atom. The fraction of sp³-hybridized carbons (Fsp3) is 0.105. The van der Waals surface area contributed by atoms with Crippen molar-refractivity contribution in [3.05, 3.63) is 70.3 Å². The SMILES string of the molecule is CN1/C(=C/c2ccc3ccccc3[n+]2C)Sc2cc(Cl)ccc21. The van der Waals surface area contributed by atoms with Crippen LogP contribution in [0.5, 0.6) is 0 Å². The fourth-order valence-corrected chi connectivity index (χ4v) is 4.28. The van der Waals surface area contributed by atoms with Gasteiger partial charge in [0.1, 0.15) is 7.05 Å². The lowest BCUT2D eigenvalue weighted by atomic mass is 10.2. The zero-order valence-electron chi connectivity index (χ0n) is 13.0. The van der Waals surface area contributed by atoms with Crippen LogP contribution in [-0.4, -0.2) is 7.05 Å². The van der Waals surface area contributed by atoms with E-state index in [2.05, 4.69) is 72.1 Å². The molecule has 1 aliphatic rings. The Morgan fingerprint density at radius 3 is 2.78 bits per heavy atom. The molecule has 0 bridgehead atoms. The van der Waals surface area contributed by atoms with Crippen molar-refractivity contribution in [3.63, 3.8) is 0 Å². The molecule has 0 aliphatic carbocycles. The van der Waals surface area contributed by atoms with Gasteiger partial charge in [-0.3, -0.25) is 0 Å². The number of anilines is 1. The minimum Gasteiger partial charge on any atom is -0.338 e. The van der Waals surface area contributed by atoms with Crippen molar-refractivity contribution in [3.8, 4) is 0 Å². The van der Waals surface area contributed by atoms with Gasteiger partial charge in [-0.1, -0.05) is 35.5 Å². The summed E-state index contributed by atoms with van der Waals surface area (Å²) in [5.74, 6) is 0. The van der Waals surface area contributed by atoms with E-state index in [0.717, 1.165) is 5.02 Å². The molecule has 0 saturated carbocycles. The Kier molecular flexibility index (Phi) is 3.55. The lowest BCUT2D eigenvalue weighted by molar-refractivity contribution is -0.646. The van der Waals surface area contributed by atoms with E-state index in [0.29, 0.717) is 0 Å². The molecule has 0 saturated heterocycles. The third-order valence-corrected chi connectivity index (χ3v) is 5.60. The molecule has 1 aliphatic heterocycles. The van der Waals surface area contributed by atoms with Crippen molar-refractivity contribution in [1.29, 1.82) is 0 Å². The van der Waals surface area contributed by atoms with Crippen LogP contribution >= 0.6 is 23.4 Å². The van der Waals surface area contributed by atoms with E-state index in [9.17, 15) is 0 Å². The summed E-state index contributed by atoms with van der Waals surface area (Å²) in [6.07, 6.45) is 2.23. The maximum atomic E-state index is 6.11. The van der Waals surface area contributed by atoms with Crippen LogP contribution in [0.15, 0.2) is 64.5 Å². The average Bonchev–Trinajstić information content (AvgIpc) is 2.86. The highest BCUT2D eigenvalue weighted by Crippen LogP contribution is 2.46. The third kappa shape index (κ3) is 2.50. The number of pyridine rings is 1. The number of hydrogen-bond donors (Lipinski definition) is 0. The van der Waals surface area contributed by atoms with Gasteiger partial charge in [-0.2, -0.15) is 4.57 Å². The van der Waals surface area contributed by atoms with Crippen LogP contribution in [0.1, 0.15) is 5.69 Å². The van der Waals surface area contributed by atoms with Gasteiger partial charge in [-0.05, 0) is 30.3 Å². The first kappa shape index (κ1) is 14.6. The van der Waals surface area contributed by atoms with Gasteiger partial charge in [0.2, 0.25) is 11.2 Å². The normalized spacial score (nSPS) is 15.4. The second kappa shape index (κ2) is 5.59. The number of thioether (sulfide) groups is 1. The number of fused-ring (bicyclic) bond motifs is 2. The Hall–Kier alpha value is -1.97. The predicted octanol–water partition coefficient (Wildman–Crippen LogP) is 4.86. The Morgan fingerprint density at radius 2 is 1.91 bits per heavy atom. The standard InChI is InChI=1S/C19H16ClN2S/c1-21-15(9-7-13-5-3-4-6-16(13)21)12-19-22(2)17-10-8-14(20)11-18(17)23-19/h3-12H,1-2H3/q+1. The molecule has 2 heterocycles. The number of nitrogens with zero attached hydrogens (tertiary/aromatic N) is 2. The summed E-state index contributed by atoms with van der Waals surface area (Å²) in [5, 5.41) is 3.23. The average molecular weight is 340 g/mol. The van der Waals surface area contributed by atoms with Crippen molar-refractivity contribution in [2.24, 2.45) is 7.05 Å². The zero-order valence-corrected chi connectivity index (χ0v) is 14.5. The lowest BCUT2D eigenvalue weighted by Crippen LogP contribution is -2.32. The monoisotopic (exact) mass is 339 g/mol. The van der Waals surface area contributed by atoms with Crippen LogP contribution in [0.2, 0.25) is 5.02 Å². The van der Waals surface area contributed by atoms with E-state index in [1.807, 2.05) is 12.1 Å². The first-order chi connectivity index (χ1) is 11.1. The molecular weight excluding hydrogens is 324 g/mol. The molecule has 2 nitrogen and oxygen atoms in total. The number of rotatable bonds is 1. The number of para-hydroxylation sites is 1. The van der Waals surface area contributed by atoms with E-state index in [-0.39, 0.29) is 0 Å². The highest BCUT2D eigenvalue weighted by atomic mass is 35.5. The molecule has 2 aromatic carbocycles. The van der Waals surface area contributed by atoms with Gasteiger partial charge < -0.3 is 4.90 Å². The molecule has 0 fully saturated rings. The summed E-state index contributed by atoms with van der Waals surface area (Å²) in [6.45, 7) is 0. The maximum Gasteiger partial charge on any atom is 0.212 e. The molecule has 1 aromatic heterocycles. The predicted molar refractivity (Wildman–Crippen MR) is 98.8 cm³/mol. The third-order valence-electron chi connectivity index (χ3n) is 4.22. The molecule has 114 valence electrons. The summed E-state index contributed by atoms with van der Waals surface area (Å²) in [6, 6.07) is 18.8. The topological polar surface area (TPSA) is 7.12 Å². The summed E-state index contributed by atoms with van der Waals surface area (Å²) < 4.78 is 2.23. The highest BCUT2D eigenvalue weighted by Gasteiger charge is 2.23. The molecule has 0 atom stereocenters. The van der Waals surface area contributed by atoms with E-state index in [1.165, 1.54) is 32.2 Å². The molecule has 3 aromatic rings. The van der Waals surface area contributed by atoms with Crippen LogP contribution in [0.3, 0.4) is 0 Å². The lowest BCUT2D eigenvalue weighted by Gasteiger charge is -2.13. The van der Waals surface area contributed by atoms with Gasteiger partial charge in [-0.25, -0.2) is 0 Å². The van der Waals surface area contributed by atoms with Crippen molar-refractivity contribution in [2.45, 2.75) is 4.90 Å². The highest BCUT2D eigenvalue weighted by molar-refractivity contribution is 8.03. The quantitative estimate of drug-likeness (QED) is 0.585. The van der Waals surface area contributed by atoms with E-state index >= 15 is 0 Å². The van der Waals surface area contributed by atoms with E-state index in [4.69, 9.17) is 11.6 Å². The molecule has 4 heteroatoms. The number of aromatic nitrogens is 1. The summed E-state index contributed by atoms with van der Waals surface area (Å²) in [7, 11) is 4.21. The fourth-order valence-electron chi connectivity index (χ4n) is 2.90. The van der Waals surface area contributed by atoms with Gasteiger partial charge in [0.15, 0.2) is 0 Å². The van der Waals surface area contributed by atoms with Crippen molar-refractivity contribution >= 4 is 46.0 Å². The molecule has 0 N–H and O–H groups in total. The molecule has 0 spiro atoms.